The van der Waals surface area contributed by atoms with Crippen LogP contribution in [0, 0.1) is 10.8 Å². The summed E-state index contributed by atoms with van der Waals surface area (Å²) in [5.74, 6) is 1.13. The summed E-state index contributed by atoms with van der Waals surface area (Å²) in [6, 6.07) is 8.85. The fraction of sp³-hybridized carbons (Fsp3) is 0.529. The van der Waals surface area contributed by atoms with Crippen LogP contribution in [0.2, 0.25) is 0 Å². The van der Waals surface area contributed by atoms with Crippen LogP contribution in [0.15, 0.2) is 34.7 Å². The highest BCUT2D eigenvalue weighted by Gasteiger charge is 2.32. The molecule has 0 aromatic heterocycles. The Kier molecular flexibility index (Phi) is 3.40. The summed E-state index contributed by atoms with van der Waals surface area (Å²) in [4.78, 5) is 1.44. The third-order valence-corrected chi connectivity index (χ3v) is 4.59. The Bertz CT molecular complexity index is 481. The van der Waals surface area contributed by atoms with Gasteiger partial charge >= 0.3 is 0 Å². The molecule has 1 aromatic carbocycles. The molecule has 0 nitrogen and oxygen atoms in total. The molecule has 1 heteroatoms. The van der Waals surface area contributed by atoms with Gasteiger partial charge in [-0.2, -0.15) is 0 Å². The fourth-order valence-electron chi connectivity index (χ4n) is 2.63. The van der Waals surface area contributed by atoms with E-state index in [9.17, 15) is 0 Å². The summed E-state index contributed by atoms with van der Waals surface area (Å²) in [5, 5.41) is 0. The van der Waals surface area contributed by atoms with E-state index in [0.717, 1.165) is 5.75 Å². The van der Waals surface area contributed by atoms with Crippen molar-refractivity contribution < 1.29 is 0 Å². The van der Waals surface area contributed by atoms with Gasteiger partial charge in [0.15, 0.2) is 0 Å². The van der Waals surface area contributed by atoms with Gasteiger partial charge in [0.25, 0.3) is 0 Å². The second kappa shape index (κ2) is 4.45. The van der Waals surface area contributed by atoms with E-state index in [0.29, 0.717) is 0 Å². The molecule has 0 atom stereocenters. The lowest BCUT2D eigenvalue weighted by atomic mass is 9.73. The van der Waals surface area contributed by atoms with Gasteiger partial charge in [0, 0.05) is 10.6 Å². The van der Waals surface area contributed by atoms with Crippen LogP contribution in [0.1, 0.15) is 47.1 Å². The number of hydrogen-bond donors (Lipinski definition) is 0. The predicted octanol–water partition coefficient (Wildman–Crippen LogP) is 5.64. The van der Waals surface area contributed by atoms with Crippen LogP contribution in [0.3, 0.4) is 0 Å². The zero-order chi connectivity index (χ0) is 13.6. The van der Waals surface area contributed by atoms with Gasteiger partial charge in [0.05, 0.1) is 0 Å². The molecule has 0 spiro atoms. The molecule has 0 bridgehead atoms. The molecule has 1 aliphatic heterocycles. The maximum atomic E-state index is 2.34. The molecule has 0 saturated carbocycles. The summed E-state index contributed by atoms with van der Waals surface area (Å²) >= 11 is 1.99. The molecule has 18 heavy (non-hydrogen) atoms. The quantitative estimate of drug-likeness (QED) is 0.582. The molecule has 0 amide bonds. The van der Waals surface area contributed by atoms with Gasteiger partial charge in [-0.25, -0.2) is 0 Å². The van der Waals surface area contributed by atoms with E-state index in [1.807, 2.05) is 11.8 Å². The molecule has 0 N–H and O–H groups in total. The first kappa shape index (κ1) is 13.7. The lowest BCUT2D eigenvalue weighted by Crippen LogP contribution is -2.23. The van der Waals surface area contributed by atoms with Crippen LogP contribution in [-0.4, -0.2) is 5.75 Å². The van der Waals surface area contributed by atoms with Crippen molar-refractivity contribution >= 4 is 17.3 Å². The third kappa shape index (κ3) is 2.51. The summed E-state index contributed by atoms with van der Waals surface area (Å²) in [7, 11) is 0. The van der Waals surface area contributed by atoms with Crippen molar-refractivity contribution in [1.29, 1.82) is 0 Å². The van der Waals surface area contributed by atoms with Crippen molar-refractivity contribution in [1.82, 2.24) is 0 Å². The molecule has 98 valence electrons. The van der Waals surface area contributed by atoms with E-state index >= 15 is 0 Å². The molecular weight excluding hydrogens is 236 g/mol. The van der Waals surface area contributed by atoms with E-state index in [2.05, 4.69) is 65.8 Å². The zero-order valence-electron chi connectivity index (χ0n) is 12.4. The molecule has 0 fully saturated rings. The van der Waals surface area contributed by atoms with Gasteiger partial charge in [-0.1, -0.05) is 65.3 Å². The van der Waals surface area contributed by atoms with E-state index in [-0.39, 0.29) is 10.8 Å². The van der Waals surface area contributed by atoms with Crippen molar-refractivity contribution in [2.45, 2.75) is 46.4 Å². The van der Waals surface area contributed by atoms with Crippen LogP contribution in [0.25, 0.3) is 5.57 Å². The summed E-state index contributed by atoms with van der Waals surface area (Å²) in [6.45, 7) is 14.0. The molecule has 1 aliphatic rings. The smallest absolute Gasteiger partial charge is 0.0202 e. The minimum absolute atomic E-state index is 0.208. The highest BCUT2D eigenvalue weighted by atomic mass is 32.2. The summed E-state index contributed by atoms with van der Waals surface area (Å²) < 4.78 is 0. The second-order valence-electron chi connectivity index (χ2n) is 7.14. The van der Waals surface area contributed by atoms with E-state index in [4.69, 9.17) is 0 Å². The highest BCUT2D eigenvalue weighted by molar-refractivity contribution is 7.99. The normalized spacial score (nSPS) is 16.8. The lowest BCUT2D eigenvalue weighted by Gasteiger charge is -2.37. The highest BCUT2D eigenvalue weighted by Crippen LogP contribution is 2.49. The van der Waals surface area contributed by atoms with Gasteiger partial charge in [0.1, 0.15) is 0 Å². The predicted molar refractivity (Wildman–Crippen MR) is 83.0 cm³/mol. The third-order valence-electron chi connectivity index (χ3n) is 3.49. The molecular formula is C17H24S. The molecule has 1 aromatic rings. The Morgan fingerprint density at radius 2 is 1.50 bits per heavy atom. The van der Waals surface area contributed by atoms with Gasteiger partial charge in [0.2, 0.25) is 0 Å². The fourth-order valence-corrected chi connectivity index (χ4v) is 4.01. The number of thioether (sulfide) groups is 1. The zero-order valence-corrected chi connectivity index (χ0v) is 13.2. The van der Waals surface area contributed by atoms with Crippen LogP contribution in [0.4, 0.5) is 0 Å². The topological polar surface area (TPSA) is 0 Å². The van der Waals surface area contributed by atoms with Gasteiger partial charge < -0.3 is 0 Å². The van der Waals surface area contributed by atoms with Crippen molar-refractivity contribution in [3.63, 3.8) is 0 Å². The molecule has 0 radical (unpaired) electrons. The van der Waals surface area contributed by atoms with Crippen LogP contribution in [0.5, 0.6) is 0 Å². The maximum Gasteiger partial charge on any atom is 0.0202 e. The molecule has 0 unspecified atom stereocenters. The molecule has 0 aliphatic carbocycles. The summed E-state index contributed by atoms with van der Waals surface area (Å²) in [6.07, 6.45) is 0. The van der Waals surface area contributed by atoms with Gasteiger partial charge in [-0.3, -0.25) is 0 Å². The van der Waals surface area contributed by atoms with E-state index in [1.54, 1.807) is 11.1 Å². The minimum Gasteiger partial charge on any atom is -0.121 e. The Balaban J connectivity index is 2.70. The lowest BCUT2D eigenvalue weighted by molar-refractivity contribution is 0.484. The van der Waals surface area contributed by atoms with E-state index in [1.165, 1.54) is 10.5 Å². The van der Waals surface area contributed by atoms with Crippen molar-refractivity contribution in [2.24, 2.45) is 10.8 Å². The second-order valence-corrected chi connectivity index (χ2v) is 8.16. The Labute approximate surface area is 116 Å². The van der Waals surface area contributed by atoms with Crippen molar-refractivity contribution in [3.05, 3.63) is 35.4 Å². The standard InChI is InChI=1S/C17H24S/c1-16(2,3)13-11-18-14-10-8-7-9-12(14)15(13)17(4,5)6/h7-10H,11H2,1-6H3. The Hall–Kier alpha value is -0.690. The van der Waals surface area contributed by atoms with Crippen LogP contribution in [-0.2, 0) is 0 Å². The van der Waals surface area contributed by atoms with Crippen molar-refractivity contribution in [3.8, 4) is 0 Å². The number of hydrogen-bond acceptors (Lipinski definition) is 1. The van der Waals surface area contributed by atoms with Gasteiger partial charge in [-0.05, 0) is 28.0 Å². The molecule has 1 heterocycles. The number of fused-ring (bicyclic) bond motifs is 1. The maximum absolute atomic E-state index is 2.34. The van der Waals surface area contributed by atoms with Crippen LogP contribution >= 0.6 is 11.8 Å². The van der Waals surface area contributed by atoms with Crippen LogP contribution < -0.4 is 0 Å². The summed E-state index contributed by atoms with van der Waals surface area (Å²) in [5.41, 5.74) is 5.08. The number of benzene rings is 1. The number of rotatable bonds is 0. The molecule has 0 saturated heterocycles. The first-order valence-electron chi connectivity index (χ1n) is 6.67. The largest absolute Gasteiger partial charge is 0.121 e. The molecule has 2 rings (SSSR count). The Morgan fingerprint density at radius 1 is 0.889 bits per heavy atom. The number of allylic oxidation sites excluding steroid dienone is 1. The average Bonchev–Trinajstić information content (AvgIpc) is 2.24. The van der Waals surface area contributed by atoms with Crippen molar-refractivity contribution in [2.75, 3.05) is 5.75 Å². The van der Waals surface area contributed by atoms with Gasteiger partial charge in [-0.15, -0.1) is 11.8 Å². The SMILES string of the molecule is CC(C)(C)C1=C(C(C)(C)C)c2ccccc2SC1. The first-order chi connectivity index (χ1) is 8.21. The monoisotopic (exact) mass is 260 g/mol. The van der Waals surface area contributed by atoms with E-state index < -0.39 is 0 Å². The Morgan fingerprint density at radius 3 is 2.06 bits per heavy atom. The minimum atomic E-state index is 0.208. The average molecular weight is 260 g/mol. The first-order valence-corrected chi connectivity index (χ1v) is 7.66.